The summed E-state index contributed by atoms with van der Waals surface area (Å²) in [4.78, 5) is 88.8. The van der Waals surface area contributed by atoms with E-state index < -0.39 is 142 Å². The molecule has 115 heavy (non-hydrogen) atoms. The molecule has 0 saturated carbocycles. The summed E-state index contributed by atoms with van der Waals surface area (Å²) in [5.74, 6) is -6.95. The molecule has 0 aliphatic carbocycles. The Kier molecular flexibility index (Phi) is 31.9. The summed E-state index contributed by atoms with van der Waals surface area (Å²) in [6.07, 6.45) is -1.43. The second-order valence-electron chi connectivity index (χ2n) is 31.6. The largest absolute Gasteiger partial charge is 0.490 e. The summed E-state index contributed by atoms with van der Waals surface area (Å²) >= 11 is 0. The van der Waals surface area contributed by atoms with Crippen molar-refractivity contribution in [1.82, 2.24) is 25.9 Å². The average molecular weight is 1590 g/mol. The standard InChI is InChI=1S/C44H52F2N4O7.C35H38F2N4O4.C9H16O4/c1-44(2,3)33(23-40(53)56-6)43(55)48-35(19-26-11-13-27(14-12-26)29-15-18-39(47-24-29)50(4)5)36(51)21-30(20-28-9-7-8-10-34(28)46)42(54)49-41-32-22-31(45)16-17-38(32)57-25-37(41)52;1-41(2)33-14-11-24(19-39-33)22-9-7-21(8-10-22)15-29(38)30(42)17-25(16-23-5-3-4-6-28(23)37)35(44)40-34-27-18-26(36)12-13-32(27)45-20-31(34)43;1-9(2,3)6(8(11)12)5-7(10)13-4/h7-18,22,24,30,33,35-37,41,51-52H,19-21,23,25H2,1-6H3,(H,48,55)(H,49,54);3-14,18-19,25,29-31,34,42-43H,15-17,20,38H2,1-2H3,(H,40,44);6H,5H2,1-4H3,(H,11,12)/t30-,33?,35+,36+,37-,41+;25-,29+,30+,31-,34+;6-/m111/s1. The van der Waals surface area contributed by atoms with Gasteiger partial charge in [0.2, 0.25) is 17.7 Å². The number of carbonyl (C=O) groups excluding carboxylic acids is 5. The van der Waals surface area contributed by atoms with Gasteiger partial charge in [-0.15, -0.1) is 0 Å². The van der Waals surface area contributed by atoms with Gasteiger partial charge in [0.25, 0.3) is 0 Å². The van der Waals surface area contributed by atoms with Crippen molar-refractivity contribution in [2.45, 2.75) is 141 Å². The Hall–Kier alpha value is -10.8. The Morgan fingerprint density at radius 3 is 1.29 bits per heavy atom. The average Bonchev–Trinajstić information content (AvgIpc) is 0.795. The van der Waals surface area contributed by atoms with Gasteiger partial charge in [-0.2, -0.15) is 0 Å². The highest BCUT2D eigenvalue weighted by molar-refractivity contribution is 5.85. The van der Waals surface area contributed by atoms with Crippen LogP contribution in [0.15, 0.2) is 170 Å². The molecule has 0 fully saturated rings. The molecule has 10 rings (SSSR count). The van der Waals surface area contributed by atoms with Gasteiger partial charge in [0.15, 0.2) is 0 Å². The lowest BCUT2D eigenvalue weighted by molar-refractivity contribution is -0.153. The number of methoxy groups -OCH3 is 2. The van der Waals surface area contributed by atoms with Crippen LogP contribution in [0.2, 0.25) is 0 Å². The van der Waals surface area contributed by atoms with Gasteiger partial charge >= 0.3 is 17.9 Å². The normalized spacial score (nSPS) is 17.1. The highest BCUT2D eigenvalue weighted by Crippen LogP contribution is 2.38. The molecule has 23 nitrogen and oxygen atoms in total. The summed E-state index contributed by atoms with van der Waals surface area (Å²) in [5, 5.41) is 62.1. The minimum absolute atomic E-state index is 0.00699. The van der Waals surface area contributed by atoms with Crippen molar-refractivity contribution in [2.24, 2.45) is 40.2 Å². The van der Waals surface area contributed by atoms with Gasteiger partial charge in [-0.1, -0.05) is 126 Å². The van der Waals surface area contributed by atoms with Crippen molar-refractivity contribution < 1.29 is 90.8 Å². The first-order valence-corrected chi connectivity index (χ1v) is 37.9. The first-order chi connectivity index (χ1) is 54.4. The van der Waals surface area contributed by atoms with E-state index in [1.165, 1.54) is 68.8 Å². The number of carboxylic acids is 1. The zero-order valence-electron chi connectivity index (χ0n) is 66.9. The Bertz CT molecular complexity index is 4570. The van der Waals surface area contributed by atoms with Gasteiger partial charge in [-0.3, -0.25) is 28.8 Å². The van der Waals surface area contributed by atoms with Crippen molar-refractivity contribution in [3.05, 3.63) is 227 Å². The number of rotatable bonds is 29. The van der Waals surface area contributed by atoms with E-state index in [-0.39, 0.29) is 69.3 Å². The number of benzene rings is 6. The van der Waals surface area contributed by atoms with Gasteiger partial charge in [-0.05, 0) is 156 Å². The maximum Gasteiger partial charge on any atom is 0.307 e. The summed E-state index contributed by atoms with van der Waals surface area (Å²) in [7, 11) is 10.2. The van der Waals surface area contributed by atoms with Crippen molar-refractivity contribution in [3.63, 3.8) is 0 Å². The number of amides is 3. The Morgan fingerprint density at radius 2 is 0.913 bits per heavy atom. The first kappa shape index (κ1) is 89.7. The van der Waals surface area contributed by atoms with Gasteiger partial charge in [0.05, 0.1) is 69.2 Å². The highest BCUT2D eigenvalue weighted by atomic mass is 19.1. The molecule has 616 valence electrons. The lowest BCUT2D eigenvalue weighted by Crippen LogP contribution is -2.51. The molecular weight excluding hydrogens is 1490 g/mol. The second kappa shape index (κ2) is 40.9. The molecule has 0 bridgehead atoms. The number of aliphatic carboxylic acids is 1. The van der Waals surface area contributed by atoms with Gasteiger partial charge in [0.1, 0.15) is 71.8 Å². The first-order valence-electron chi connectivity index (χ1n) is 37.9. The van der Waals surface area contributed by atoms with Crippen LogP contribution in [0.4, 0.5) is 29.2 Å². The van der Waals surface area contributed by atoms with Crippen LogP contribution in [-0.2, 0) is 63.9 Å². The molecule has 27 heteroatoms. The zero-order chi connectivity index (χ0) is 84.2. The number of esters is 2. The molecule has 4 heterocycles. The summed E-state index contributed by atoms with van der Waals surface area (Å²) in [5.41, 5.74) is 11.8. The van der Waals surface area contributed by atoms with E-state index in [9.17, 15) is 62.4 Å². The van der Waals surface area contributed by atoms with Crippen LogP contribution in [-0.4, -0.2) is 163 Å². The Morgan fingerprint density at radius 1 is 0.522 bits per heavy atom. The number of nitrogens with zero attached hydrogens (tertiary/aromatic N) is 4. The van der Waals surface area contributed by atoms with E-state index in [1.807, 2.05) is 138 Å². The van der Waals surface area contributed by atoms with E-state index >= 15 is 4.39 Å². The maximum absolute atomic E-state index is 15.1. The molecule has 2 aromatic heterocycles. The van der Waals surface area contributed by atoms with Crippen LogP contribution < -0.4 is 41.0 Å². The molecule has 0 radical (unpaired) electrons. The molecule has 12 atom stereocenters. The van der Waals surface area contributed by atoms with Gasteiger partial charge in [-0.25, -0.2) is 27.5 Å². The topological polar surface area (TPSA) is 335 Å². The minimum atomic E-state index is -1.36. The number of ether oxygens (including phenoxy) is 4. The predicted molar refractivity (Wildman–Crippen MR) is 428 cm³/mol. The molecular formula is C88H106F4N8O15. The lowest BCUT2D eigenvalue weighted by atomic mass is 9.77. The predicted octanol–water partition coefficient (Wildman–Crippen LogP) is 11.0. The molecule has 2 aliphatic rings. The smallest absolute Gasteiger partial charge is 0.307 e. The minimum Gasteiger partial charge on any atom is -0.490 e. The van der Waals surface area contributed by atoms with E-state index in [0.29, 0.717) is 29.0 Å². The molecule has 8 aromatic rings. The SMILES string of the molecule is CN(C)c1ccc(-c2ccc(C[C@H](N)[C@@H](O)C[C@@H](Cc3ccccc3F)C(=O)N[C@H]3c4cc(F)ccc4OC[C@H]3O)cc2)cn1.COC(=O)CC(C(=O)N[C@@H](Cc1ccc(-c2ccc(N(C)C)nc2)cc1)[C@@H](O)C[C@@H](Cc1ccccc1F)C(=O)N[C@H]1c2cc(F)ccc2OC[C@H]1O)C(C)(C)C.COC(=O)C[C@H](C(=O)O)C(C)(C)C. The fraction of sp³-hybridized carbons (Fsp3) is 0.409. The molecule has 0 spiro atoms. The summed E-state index contributed by atoms with van der Waals surface area (Å²) < 4.78 is 78.5. The number of pyridine rings is 2. The van der Waals surface area contributed by atoms with Crippen LogP contribution >= 0.6 is 0 Å². The fourth-order valence-corrected chi connectivity index (χ4v) is 13.6. The van der Waals surface area contributed by atoms with Crippen molar-refractivity contribution in [3.8, 4) is 33.8 Å². The molecule has 6 aromatic carbocycles. The number of aromatic nitrogens is 2. The number of hydrogen-bond acceptors (Lipinski definition) is 19. The van der Waals surface area contributed by atoms with Crippen molar-refractivity contribution in [1.29, 1.82) is 0 Å². The van der Waals surface area contributed by atoms with Crippen LogP contribution in [0.25, 0.3) is 22.3 Å². The molecule has 10 N–H and O–H groups in total. The van der Waals surface area contributed by atoms with Gasteiger partial charge < -0.3 is 76.0 Å². The van der Waals surface area contributed by atoms with E-state index in [1.54, 1.807) is 57.3 Å². The number of halogens is 4. The third kappa shape index (κ3) is 25.6. The number of carbonyl (C=O) groups is 6. The number of nitrogens with one attached hydrogen (secondary N) is 3. The highest BCUT2D eigenvalue weighted by Gasteiger charge is 2.40. The number of aliphatic hydroxyl groups is 4. The lowest BCUT2D eigenvalue weighted by Gasteiger charge is -2.34. The number of aliphatic hydroxyl groups excluding tert-OH is 4. The third-order valence-corrected chi connectivity index (χ3v) is 20.5. The number of fused-ring (bicyclic) bond motifs is 2. The number of anilines is 2. The van der Waals surface area contributed by atoms with Crippen molar-refractivity contribution >= 4 is 47.3 Å². The van der Waals surface area contributed by atoms with Gasteiger partial charge in [0, 0.05) is 80.7 Å². The molecule has 1 unspecified atom stereocenters. The van der Waals surface area contributed by atoms with E-state index in [0.717, 1.165) is 45.0 Å². The van der Waals surface area contributed by atoms with E-state index in [4.69, 9.17) is 25.1 Å². The summed E-state index contributed by atoms with van der Waals surface area (Å²) in [6.45, 7) is 10.6. The van der Waals surface area contributed by atoms with Crippen LogP contribution in [0.5, 0.6) is 11.5 Å². The number of nitrogens with two attached hydrogens (primary N) is 1. The van der Waals surface area contributed by atoms with Crippen LogP contribution in [0.1, 0.15) is 113 Å². The maximum atomic E-state index is 15.1. The molecule has 2 aliphatic heterocycles. The summed E-state index contributed by atoms with van der Waals surface area (Å²) in [6, 6.07) is 39.4. The Balaban J connectivity index is 0.000000253. The second-order valence-corrected chi connectivity index (χ2v) is 31.6. The monoisotopic (exact) mass is 1590 g/mol. The number of carboxylic acid groups (broad SMARTS) is 1. The van der Waals surface area contributed by atoms with Crippen LogP contribution in [0.3, 0.4) is 0 Å². The van der Waals surface area contributed by atoms with E-state index in [2.05, 4.69) is 30.7 Å². The Labute approximate surface area is 668 Å². The quantitative estimate of drug-likeness (QED) is 0.0155. The molecule has 0 saturated heterocycles. The fourth-order valence-electron chi connectivity index (χ4n) is 13.6. The van der Waals surface area contributed by atoms with Crippen molar-refractivity contribution in [2.75, 3.05) is 65.4 Å². The number of hydrogen-bond donors (Lipinski definition) is 9. The zero-order valence-corrected chi connectivity index (χ0v) is 66.9. The third-order valence-electron chi connectivity index (χ3n) is 20.5. The van der Waals surface area contributed by atoms with Crippen LogP contribution in [0, 0.1) is 57.8 Å². The molecule has 3 amide bonds.